The lowest BCUT2D eigenvalue weighted by Gasteiger charge is -2.18. The van der Waals surface area contributed by atoms with Crippen LogP contribution in [-0.2, 0) is 20.9 Å². The number of benzene rings is 3. The Morgan fingerprint density at radius 1 is 0.972 bits per heavy atom. The third-order valence-corrected chi connectivity index (χ3v) is 7.11. The molecule has 1 aliphatic heterocycles. The number of hydrogen-bond donors (Lipinski definition) is 2. The summed E-state index contributed by atoms with van der Waals surface area (Å²) >= 11 is 4.40. The first kappa shape index (κ1) is 25.2. The van der Waals surface area contributed by atoms with Crippen LogP contribution in [0, 0.1) is 11.3 Å². The molecule has 2 N–H and O–H groups in total. The topological polar surface area (TPSA) is 102 Å². The fourth-order valence-corrected chi connectivity index (χ4v) is 5.11. The fraction of sp³-hybridized carbons (Fsp3) is 0.111. The summed E-state index contributed by atoms with van der Waals surface area (Å²) in [4.78, 5) is 40.5. The van der Waals surface area contributed by atoms with Gasteiger partial charge >= 0.3 is 0 Å². The first-order valence-corrected chi connectivity index (χ1v) is 12.7. The summed E-state index contributed by atoms with van der Waals surface area (Å²) in [5.41, 5.74) is 1.83. The van der Waals surface area contributed by atoms with Gasteiger partial charge in [-0.1, -0.05) is 76.2 Å². The second kappa shape index (κ2) is 11.7. The predicted octanol–water partition coefficient (Wildman–Crippen LogP) is 4.98. The summed E-state index contributed by atoms with van der Waals surface area (Å²) in [6, 6.07) is 27.2. The van der Waals surface area contributed by atoms with Crippen LogP contribution >= 0.6 is 27.7 Å². The van der Waals surface area contributed by atoms with Crippen molar-refractivity contribution < 1.29 is 14.4 Å². The molecule has 1 heterocycles. The molecule has 3 aromatic carbocycles. The van der Waals surface area contributed by atoms with Gasteiger partial charge in [-0.3, -0.25) is 19.3 Å². The number of thioether (sulfide) groups is 1. The Morgan fingerprint density at radius 2 is 1.61 bits per heavy atom. The van der Waals surface area contributed by atoms with Gasteiger partial charge in [-0.2, -0.15) is 5.26 Å². The molecule has 3 aromatic rings. The normalized spacial score (nSPS) is 16.3. The van der Waals surface area contributed by atoms with Gasteiger partial charge in [0.05, 0.1) is 5.25 Å². The highest BCUT2D eigenvalue weighted by Crippen LogP contribution is 2.42. The molecular weight excluding hydrogens is 540 g/mol. The fourth-order valence-electron chi connectivity index (χ4n) is 3.58. The zero-order chi connectivity index (χ0) is 25.5. The lowest BCUT2D eigenvalue weighted by atomic mass is 10.2. The lowest BCUT2D eigenvalue weighted by Crippen LogP contribution is -2.32. The third kappa shape index (κ3) is 6.03. The molecule has 1 atom stereocenters. The minimum absolute atomic E-state index is 0.114. The second-order valence-electron chi connectivity index (χ2n) is 7.84. The second-order valence-corrected chi connectivity index (χ2v) is 9.94. The van der Waals surface area contributed by atoms with Gasteiger partial charge in [0, 0.05) is 28.8 Å². The predicted molar refractivity (Wildman–Crippen MR) is 144 cm³/mol. The Labute approximate surface area is 221 Å². The summed E-state index contributed by atoms with van der Waals surface area (Å²) in [5, 5.41) is 14.8. The number of nitriles is 1. The van der Waals surface area contributed by atoms with Crippen molar-refractivity contribution in [3.63, 3.8) is 0 Å². The zero-order valence-corrected chi connectivity index (χ0v) is 21.4. The molecule has 4 rings (SSSR count). The molecule has 0 unspecified atom stereocenters. The van der Waals surface area contributed by atoms with Gasteiger partial charge in [0.1, 0.15) is 16.7 Å². The van der Waals surface area contributed by atoms with Crippen LogP contribution in [0.15, 0.2) is 100 Å². The van der Waals surface area contributed by atoms with Crippen molar-refractivity contribution in [1.82, 2.24) is 5.32 Å². The molecule has 0 radical (unpaired) electrons. The van der Waals surface area contributed by atoms with Crippen molar-refractivity contribution in [2.24, 2.45) is 0 Å². The molecule has 36 heavy (non-hydrogen) atoms. The van der Waals surface area contributed by atoms with Gasteiger partial charge in [-0.05, 0) is 42.0 Å². The maximum Gasteiger partial charge on any atom is 0.264 e. The minimum Gasteiger partial charge on any atom is -0.347 e. The van der Waals surface area contributed by atoms with Crippen molar-refractivity contribution in [3.05, 3.63) is 106 Å². The van der Waals surface area contributed by atoms with Crippen LogP contribution in [0.2, 0.25) is 0 Å². The highest BCUT2D eigenvalue weighted by molar-refractivity contribution is 9.10. The summed E-state index contributed by atoms with van der Waals surface area (Å²) < 4.78 is 0.880. The molecule has 0 aromatic heterocycles. The molecule has 1 aliphatic rings. The zero-order valence-electron chi connectivity index (χ0n) is 19.0. The molecule has 7 nitrogen and oxygen atoms in total. The van der Waals surface area contributed by atoms with Gasteiger partial charge in [0.2, 0.25) is 11.8 Å². The van der Waals surface area contributed by atoms with E-state index in [0.29, 0.717) is 11.4 Å². The van der Waals surface area contributed by atoms with Crippen LogP contribution in [0.4, 0.5) is 11.4 Å². The molecule has 9 heteroatoms. The minimum atomic E-state index is -0.791. The van der Waals surface area contributed by atoms with Gasteiger partial charge < -0.3 is 10.6 Å². The smallest absolute Gasteiger partial charge is 0.264 e. The van der Waals surface area contributed by atoms with Crippen LogP contribution in [0.5, 0.6) is 0 Å². The number of rotatable bonds is 7. The summed E-state index contributed by atoms with van der Waals surface area (Å²) in [5.74, 6) is -1.29. The summed E-state index contributed by atoms with van der Waals surface area (Å²) in [6.07, 6.45) is -0.114. The number of nitrogens with zero attached hydrogens (tertiary/aromatic N) is 2. The monoisotopic (exact) mass is 560 g/mol. The van der Waals surface area contributed by atoms with Crippen molar-refractivity contribution in [2.45, 2.75) is 18.2 Å². The number of para-hydroxylation sites is 1. The molecule has 0 spiro atoms. The molecule has 1 fully saturated rings. The van der Waals surface area contributed by atoms with E-state index >= 15 is 0 Å². The number of anilines is 2. The number of halogens is 1. The molecule has 0 bridgehead atoms. The maximum absolute atomic E-state index is 13.4. The highest BCUT2D eigenvalue weighted by Gasteiger charge is 2.41. The van der Waals surface area contributed by atoms with Crippen molar-refractivity contribution in [1.29, 1.82) is 5.26 Å². The largest absolute Gasteiger partial charge is 0.347 e. The van der Waals surface area contributed by atoms with Crippen molar-refractivity contribution in [2.75, 3.05) is 10.2 Å². The van der Waals surface area contributed by atoms with Gasteiger partial charge in [-0.25, -0.2) is 0 Å². The Hall–Kier alpha value is -3.87. The quantitative estimate of drug-likeness (QED) is 0.313. The van der Waals surface area contributed by atoms with E-state index < -0.39 is 11.2 Å². The van der Waals surface area contributed by atoms with Gasteiger partial charge in [0.15, 0.2) is 0 Å². The van der Waals surface area contributed by atoms with E-state index in [9.17, 15) is 19.6 Å². The van der Waals surface area contributed by atoms with E-state index in [1.807, 2.05) is 42.5 Å². The standard InChI is InChI=1S/C27H21BrN4O3S/c28-19-11-13-20(14-12-19)31-24(33)15-23-26(35)32(21-9-5-2-6-10-21)27(36-23)22(16-29)25(34)30-17-18-7-3-1-4-8-18/h1-14,23H,15,17H2,(H,30,34)(H,31,33)/b27-22+/t23-/m0/s1. The van der Waals surface area contributed by atoms with Gasteiger partial charge in [-0.15, -0.1) is 0 Å². The van der Waals surface area contributed by atoms with Crippen LogP contribution in [0.3, 0.4) is 0 Å². The average Bonchev–Trinajstić information content (AvgIpc) is 3.20. The Bertz CT molecular complexity index is 1340. The average molecular weight is 561 g/mol. The van der Waals surface area contributed by atoms with E-state index in [4.69, 9.17) is 0 Å². The number of amides is 3. The molecule has 3 amide bonds. The number of carbonyl (C=O) groups excluding carboxylic acids is 3. The molecule has 180 valence electrons. The maximum atomic E-state index is 13.4. The molecule has 0 aliphatic carbocycles. The van der Waals surface area contributed by atoms with Crippen molar-refractivity contribution >= 4 is 56.8 Å². The van der Waals surface area contributed by atoms with Crippen LogP contribution in [0.1, 0.15) is 12.0 Å². The van der Waals surface area contributed by atoms with Gasteiger partial charge in [0.25, 0.3) is 5.91 Å². The van der Waals surface area contributed by atoms with Crippen LogP contribution in [0.25, 0.3) is 0 Å². The lowest BCUT2D eigenvalue weighted by molar-refractivity contribution is -0.121. The number of nitrogens with one attached hydrogen (secondary N) is 2. The van der Waals surface area contributed by atoms with Crippen LogP contribution < -0.4 is 15.5 Å². The van der Waals surface area contributed by atoms with E-state index in [1.165, 1.54) is 4.90 Å². The number of hydrogen-bond acceptors (Lipinski definition) is 5. The summed E-state index contributed by atoms with van der Waals surface area (Å²) in [7, 11) is 0. The summed E-state index contributed by atoms with van der Waals surface area (Å²) in [6.45, 7) is 0.237. The Kier molecular flexibility index (Phi) is 8.21. The SMILES string of the molecule is N#C/C(C(=O)NCc1ccccc1)=C1\S[C@@H](CC(=O)Nc2ccc(Br)cc2)C(=O)N1c1ccccc1. The molecule has 1 saturated heterocycles. The molecule has 0 saturated carbocycles. The van der Waals surface area contributed by atoms with Crippen LogP contribution in [-0.4, -0.2) is 23.0 Å². The highest BCUT2D eigenvalue weighted by atomic mass is 79.9. The van der Waals surface area contributed by atoms with E-state index in [1.54, 1.807) is 48.5 Å². The van der Waals surface area contributed by atoms with E-state index in [2.05, 4.69) is 26.6 Å². The first-order valence-electron chi connectivity index (χ1n) is 11.0. The van der Waals surface area contributed by atoms with Crippen molar-refractivity contribution in [3.8, 4) is 6.07 Å². The third-order valence-electron chi connectivity index (χ3n) is 5.31. The van der Waals surface area contributed by atoms with E-state index in [-0.39, 0.29) is 35.4 Å². The first-order chi connectivity index (χ1) is 17.5. The number of carbonyl (C=O) groups is 3. The Balaban J connectivity index is 1.58. The Morgan fingerprint density at radius 3 is 2.25 bits per heavy atom. The van der Waals surface area contributed by atoms with E-state index in [0.717, 1.165) is 21.8 Å². The molecular formula is C27H21BrN4O3S.